The minimum atomic E-state index is 0.112. The molecular weight excluding hydrogens is 164 g/mol. The van der Waals surface area contributed by atoms with Crippen LogP contribution in [0, 0.1) is 6.92 Å². The first-order chi connectivity index (χ1) is 6.00. The number of hydrogen-bond acceptors (Lipinski definition) is 2. The molecule has 0 amide bonds. The van der Waals surface area contributed by atoms with Crippen molar-refractivity contribution in [1.29, 1.82) is 0 Å². The fourth-order valence-corrected chi connectivity index (χ4v) is 1.44. The third kappa shape index (κ3) is 1.13. The summed E-state index contributed by atoms with van der Waals surface area (Å²) >= 11 is 0. The van der Waals surface area contributed by atoms with E-state index in [9.17, 15) is 0 Å². The molecule has 0 atom stereocenters. The van der Waals surface area contributed by atoms with Gasteiger partial charge in [-0.3, -0.25) is 5.10 Å². The first kappa shape index (κ1) is 8.29. The molecule has 2 aromatic rings. The van der Waals surface area contributed by atoms with E-state index in [2.05, 4.69) is 36.1 Å². The van der Waals surface area contributed by atoms with Crippen molar-refractivity contribution in [3.05, 3.63) is 17.6 Å². The van der Waals surface area contributed by atoms with E-state index in [4.69, 9.17) is 0 Å². The van der Waals surface area contributed by atoms with Crippen molar-refractivity contribution < 1.29 is 0 Å². The summed E-state index contributed by atoms with van der Waals surface area (Å²) in [6.07, 6.45) is 2.00. The zero-order valence-corrected chi connectivity index (χ0v) is 8.42. The Balaban J connectivity index is 2.72. The topological polar surface area (TPSA) is 46.0 Å². The molecule has 0 aromatic carbocycles. The van der Waals surface area contributed by atoms with Crippen LogP contribution in [0.15, 0.2) is 6.20 Å². The molecule has 0 saturated heterocycles. The Hall–Kier alpha value is -1.32. The molecule has 0 saturated carbocycles. The van der Waals surface area contributed by atoms with Gasteiger partial charge in [-0.2, -0.15) is 0 Å². The van der Waals surface area contributed by atoms with Crippen LogP contribution in [0.4, 0.5) is 0 Å². The third-order valence-electron chi connectivity index (χ3n) is 2.21. The van der Waals surface area contributed by atoms with E-state index in [1.165, 1.54) is 5.56 Å². The van der Waals surface area contributed by atoms with Gasteiger partial charge in [-0.1, -0.05) is 20.8 Å². The molecule has 4 nitrogen and oxygen atoms in total. The number of nitrogens with zero attached hydrogens (tertiary/aromatic N) is 3. The number of rotatable bonds is 0. The normalized spacial score (nSPS) is 12.6. The summed E-state index contributed by atoms with van der Waals surface area (Å²) in [6.45, 7) is 8.43. The van der Waals surface area contributed by atoms with Gasteiger partial charge in [0, 0.05) is 11.8 Å². The highest BCUT2D eigenvalue weighted by Crippen LogP contribution is 2.25. The summed E-state index contributed by atoms with van der Waals surface area (Å²) < 4.78 is 1.90. The van der Waals surface area contributed by atoms with Gasteiger partial charge in [0.25, 0.3) is 0 Å². The largest absolute Gasteiger partial charge is 0.298 e. The lowest BCUT2D eigenvalue weighted by Gasteiger charge is -2.14. The molecule has 0 aliphatic rings. The van der Waals surface area contributed by atoms with E-state index >= 15 is 0 Å². The zero-order valence-electron chi connectivity index (χ0n) is 8.42. The molecule has 0 spiro atoms. The second kappa shape index (κ2) is 2.34. The number of aryl methyl sites for hydroxylation is 1. The fourth-order valence-electron chi connectivity index (χ4n) is 1.44. The first-order valence-electron chi connectivity index (χ1n) is 4.40. The van der Waals surface area contributed by atoms with E-state index in [-0.39, 0.29) is 5.41 Å². The number of aromatic amines is 1. The predicted molar refractivity (Wildman–Crippen MR) is 50.8 cm³/mol. The zero-order chi connectivity index (χ0) is 9.64. The Labute approximate surface area is 77.0 Å². The van der Waals surface area contributed by atoms with E-state index in [1.54, 1.807) is 0 Å². The summed E-state index contributed by atoms with van der Waals surface area (Å²) in [6, 6.07) is 0. The molecule has 70 valence electrons. The smallest absolute Gasteiger partial charge is 0.180 e. The van der Waals surface area contributed by atoms with Gasteiger partial charge >= 0.3 is 0 Å². The van der Waals surface area contributed by atoms with Crippen LogP contribution in [0.2, 0.25) is 0 Å². The van der Waals surface area contributed by atoms with Crippen LogP contribution in [-0.4, -0.2) is 19.8 Å². The molecule has 2 heterocycles. The van der Waals surface area contributed by atoms with Gasteiger partial charge < -0.3 is 0 Å². The quantitative estimate of drug-likeness (QED) is 0.667. The van der Waals surface area contributed by atoms with Gasteiger partial charge in [-0.25, -0.2) is 4.52 Å². The van der Waals surface area contributed by atoms with Crippen molar-refractivity contribution in [3.8, 4) is 0 Å². The highest BCUT2D eigenvalue weighted by molar-refractivity contribution is 5.49. The Bertz CT molecular complexity index is 430. The molecule has 13 heavy (non-hydrogen) atoms. The summed E-state index contributed by atoms with van der Waals surface area (Å²) in [5.41, 5.74) is 2.25. The van der Waals surface area contributed by atoms with Crippen molar-refractivity contribution in [1.82, 2.24) is 19.8 Å². The molecule has 0 bridgehead atoms. The molecule has 0 fully saturated rings. The monoisotopic (exact) mass is 178 g/mol. The van der Waals surface area contributed by atoms with Gasteiger partial charge in [0.05, 0.1) is 0 Å². The predicted octanol–water partition coefficient (Wildman–Crippen LogP) is 1.66. The molecule has 4 heteroatoms. The minimum absolute atomic E-state index is 0.112. The lowest BCUT2D eigenvalue weighted by Crippen LogP contribution is -2.10. The molecule has 0 radical (unpaired) electrons. The lowest BCUT2D eigenvalue weighted by molar-refractivity contribution is 0.594. The van der Waals surface area contributed by atoms with E-state index in [0.717, 1.165) is 11.5 Å². The Morgan fingerprint density at radius 1 is 1.31 bits per heavy atom. The Kier molecular flexibility index (Phi) is 1.49. The minimum Gasteiger partial charge on any atom is -0.298 e. The highest BCUT2D eigenvalue weighted by Gasteiger charge is 2.20. The molecule has 1 N–H and O–H groups in total. The van der Waals surface area contributed by atoms with Crippen molar-refractivity contribution in [2.24, 2.45) is 0 Å². The summed E-state index contributed by atoms with van der Waals surface area (Å²) in [7, 11) is 0. The van der Waals surface area contributed by atoms with Crippen molar-refractivity contribution in [3.63, 3.8) is 0 Å². The summed E-state index contributed by atoms with van der Waals surface area (Å²) in [4.78, 5) is 0. The second-order valence-corrected chi connectivity index (χ2v) is 4.34. The average molecular weight is 178 g/mol. The molecule has 2 rings (SSSR count). The Morgan fingerprint density at radius 2 is 2.00 bits per heavy atom. The maximum atomic E-state index is 4.13. The van der Waals surface area contributed by atoms with Gasteiger partial charge in [0.1, 0.15) is 5.82 Å². The molecule has 0 aliphatic carbocycles. The maximum Gasteiger partial charge on any atom is 0.180 e. The van der Waals surface area contributed by atoms with Crippen LogP contribution in [0.1, 0.15) is 32.2 Å². The Morgan fingerprint density at radius 3 is 2.62 bits per heavy atom. The van der Waals surface area contributed by atoms with Gasteiger partial charge in [0.2, 0.25) is 0 Å². The van der Waals surface area contributed by atoms with Crippen molar-refractivity contribution in [2.75, 3.05) is 0 Å². The number of aromatic nitrogens is 4. The number of nitrogens with one attached hydrogen (secondary N) is 1. The molecule has 2 aromatic heterocycles. The van der Waals surface area contributed by atoms with Crippen LogP contribution in [0.5, 0.6) is 0 Å². The van der Waals surface area contributed by atoms with Crippen LogP contribution >= 0.6 is 0 Å². The van der Waals surface area contributed by atoms with Crippen molar-refractivity contribution >= 4 is 5.65 Å². The van der Waals surface area contributed by atoms with Gasteiger partial charge in [0.15, 0.2) is 5.65 Å². The molecular formula is C9H14N4. The number of fused-ring (bicyclic) bond motifs is 1. The second-order valence-electron chi connectivity index (χ2n) is 4.34. The SMILES string of the molecule is Cc1nnc2c(C(C)(C)C)c[nH]n12. The number of H-pyrrole nitrogens is 1. The highest BCUT2D eigenvalue weighted by atomic mass is 15.4. The fraction of sp³-hybridized carbons (Fsp3) is 0.556. The first-order valence-corrected chi connectivity index (χ1v) is 4.40. The van der Waals surface area contributed by atoms with E-state index < -0.39 is 0 Å². The van der Waals surface area contributed by atoms with E-state index in [0.29, 0.717) is 0 Å². The maximum absolute atomic E-state index is 4.13. The summed E-state index contributed by atoms with van der Waals surface area (Å²) in [5.74, 6) is 0.894. The number of hydrogen-bond donors (Lipinski definition) is 1. The van der Waals surface area contributed by atoms with E-state index in [1.807, 2.05) is 17.6 Å². The molecule has 0 unspecified atom stereocenters. The average Bonchev–Trinajstić information content (AvgIpc) is 2.51. The molecule has 0 aliphatic heterocycles. The summed E-state index contributed by atoms with van der Waals surface area (Å²) in [5, 5.41) is 11.3. The van der Waals surface area contributed by atoms with Crippen LogP contribution < -0.4 is 0 Å². The van der Waals surface area contributed by atoms with Crippen LogP contribution in [0.25, 0.3) is 5.65 Å². The standard InChI is InChI=1S/C9H14N4/c1-6-11-12-8-7(9(2,3)4)5-10-13(6)8/h5,10H,1-4H3. The lowest BCUT2D eigenvalue weighted by atomic mass is 9.89. The van der Waals surface area contributed by atoms with Crippen molar-refractivity contribution in [2.45, 2.75) is 33.1 Å². The van der Waals surface area contributed by atoms with Gasteiger partial charge in [-0.15, -0.1) is 10.2 Å². The van der Waals surface area contributed by atoms with Gasteiger partial charge in [-0.05, 0) is 12.3 Å². The third-order valence-corrected chi connectivity index (χ3v) is 2.21. The van der Waals surface area contributed by atoms with Crippen LogP contribution in [-0.2, 0) is 5.41 Å². The van der Waals surface area contributed by atoms with Crippen LogP contribution in [0.3, 0.4) is 0 Å².